The number of nitrogens with one attached hydrogen (secondary N) is 1. The van der Waals surface area contributed by atoms with Gasteiger partial charge in [0.25, 0.3) is 10.0 Å². The molecular weight excluding hydrogens is 308 g/mol. The van der Waals surface area contributed by atoms with Gasteiger partial charge >= 0.3 is 0 Å². The Morgan fingerprint density at radius 1 is 1.43 bits per heavy atom. The topological polar surface area (TPSA) is 58.6 Å². The summed E-state index contributed by atoms with van der Waals surface area (Å²) < 4.78 is 32.7. The van der Waals surface area contributed by atoms with Crippen LogP contribution in [0.3, 0.4) is 0 Å². The Balaban J connectivity index is 2.13. The molecular formula is C14H24N2O3S2. The molecule has 7 heteroatoms. The van der Waals surface area contributed by atoms with Crippen molar-refractivity contribution in [2.24, 2.45) is 0 Å². The number of aryl methyl sites for hydroxylation is 1. The average Bonchev–Trinajstić information content (AvgIpc) is 2.87. The van der Waals surface area contributed by atoms with Gasteiger partial charge in [0.05, 0.1) is 6.10 Å². The van der Waals surface area contributed by atoms with E-state index in [1.807, 2.05) is 13.8 Å². The van der Waals surface area contributed by atoms with Gasteiger partial charge in [-0.1, -0.05) is 6.92 Å². The van der Waals surface area contributed by atoms with E-state index in [1.54, 1.807) is 17.5 Å². The molecule has 1 aromatic heterocycles. The van der Waals surface area contributed by atoms with Gasteiger partial charge in [-0.05, 0) is 37.9 Å². The maximum atomic E-state index is 12.7. The highest BCUT2D eigenvalue weighted by atomic mass is 32.2. The van der Waals surface area contributed by atoms with E-state index < -0.39 is 10.0 Å². The van der Waals surface area contributed by atoms with Gasteiger partial charge in [-0.15, -0.1) is 11.3 Å². The zero-order valence-electron chi connectivity index (χ0n) is 12.9. The van der Waals surface area contributed by atoms with Crippen molar-refractivity contribution in [2.75, 3.05) is 26.7 Å². The van der Waals surface area contributed by atoms with Crippen LogP contribution in [0.1, 0.15) is 30.2 Å². The molecule has 0 radical (unpaired) electrons. The maximum Gasteiger partial charge on any atom is 0.252 e. The minimum absolute atomic E-state index is 0.186. The van der Waals surface area contributed by atoms with Crippen molar-refractivity contribution in [1.82, 2.24) is 9.62 Å². The Hall–Kier alpha value is -0.470. The lowest BCUT2D eigenvalue weighted by atomic mass is 10.1. The van der Waals surface area contributed by atoms with Crippen LogP contribution >= 0.6 is 11.3 Å². The zero-order chi connectivity index (χ0) is 15.5. The molecule has 1 aliphatic heterocycles. The molecule has 2 rings (SSSR count). The summed E-state index contributed by atoms with van der Waals surface area (Å²) in [5.74, 6) is 0. The van der Waals surface area contributed by atoms with Crippen LogP contribution in [0.4, 0.5) is 0 Å². The first kappa shape index (κ1) is 16.9. The monoisotopic (exact) mass is 332 g/mol. The highest BCUT2D eigenvalue weighted by Gasteiger charge is 2.30. The molecule has 0 unspecified atom stereocenters. The summed E-state index contributed by atoms with van der Waals surface area (Å²) in [4.78, 5) is 1.10. The number of thiophene rings is 1. The molecule has 21 heavy (non-hydrogen) atoms. The van der Waals surface area contributed by atoms with E-state index in [0.29, 0.717) is 17.3 Å². The van der Waals surface area contributed by atoms with Gasteiger partial charge in [0.2, 0.25) is 0 Å². The number of sulfonamides is 1. The van der Waals surface area contributed by atoms with E-state index in [1.165, 1.54) is 11.3 Å². The number of nitrogens with zero attached hydrogens (tertiary/aromatic N) is 1. The third-order valence-corrected chi connectivity index (χ3v) is 7.45. The van der Waals surface area contributed by atoms with E-state index in [0.717, 1.165) is 36.4 Å². The zero-order valence-corrected chi connectivity index (χ0v) is 14.5. The second-order valence-corrected chi connectivity index (χ2v) is 8.59. The van der Waals surface area contributed by atoms with Crippen LogP contribution in [-0.4, -0.2) is 45.6 Å². The Labute approximate surface area is 131 Å². The van der Waals surface area contributed by atoms with Gasteiger partial charge in [0.15, 0.2) is 0 Å². The summed E-state index contributed by atoms with van der Waals surface area (Å²) in [6.07, 6.45) is 1.72. The van der Waals surface area contributed by atoms with Crippen molar-refractivity contribution in [3.05, 3.63) is 16.5 Å². The van der Waals surface area contributed by atoms with Crippen LogP contribution in [-0.2, 0) is 21.3 Å². The number of hydrogen-bond acceptors (Lipinski definition) is 5. The van der Waals surface area contributed by atoms with Gasteiger partial charge in [-0.3, -0.25) is 0 Å². The van der Waals surface area contributed by atoms with E-state index in [-0.39, 0.29) is 6.10 Å². The maximum absolute atomic E-state index is 12.7. The molecule has 0 spiro atoms. The van der Waals surface area contributed by atoms with Gasteiger partial charge in [-0.25, -0.2) is 8.42 Å². The summed E-state index contributed by atoms with van der Waals surface area (Å²) in [5, 5.41) is 3.25. The van der Waals surface area contributed by atoms with Crippen molar-refractivity contribution in [2.45, 2.75) is 43.5 Å². The number of methoxy groups -OCH3 is 1. The van der Waals surface area contributed by atoms with E-state index >= 15 is 0 Å². The van der Waals surface area contributed by atoms with Gasteiger partial charge < -0.3 is 10.1 Å². The number of rotatable bonds is 6. The average molecular weight is 332 g/mol. The molecule has 1 N–H and O–H groups in total. The van der Waals surface area contributed by atoms with Crippen LogP contribution in [0, 0.1) is 6.92 Å². The second-order valence-electron chi connectivity index (χ2n) is 5.29. The first-order valence-electron chi connectivity index (χ1n) is 7.32. The minimum atomic E-state index is -3.35. The Bertz CT molecular complexity index is 561. The lowest BCUT2D eigenvalue weighted by Gasteiger charge is -2.29. The molecule has 0 aromatic carbocycles. The standard InChI is InChI=1S/C14H24N2O3S2/c1-4-15-10-13-11(2)9-14(20-13)21(17,18)16-7-5-12(19-3)6-8-16/h9,12,15H,4-8,10H2,1-3H3. The van der Waals surface area contributed by atoms with Gasteiger partial charge in [0.1, 0.15) is 4.21 Å². The Morgan fingerprint density at radius 2 is 2.10 bits per heavy atom. The molecule has 0 bridgehead atoms. The van der Waals surface area contributed by atoms with Gasteiger partial charge in [0, 0.05) is 31.6 Å². The van der Waals surface area contributed by atoms with E-state index in [9.17, 15) is 8.42 Å². The summed E-state index contributed by atoms with van der Waals surface area (Å²) in [6.45, 7) is 6.71. The highest BCUT2D eigenvalue weighted by molar-refractivity contribution is 7.91. The van der Waals surface area contributed by atoms with Crippen molar-refractivity contribution in [3.63, 3.8) is 0 Å². The Kier molecular flexibility index (Phi) is 5.79. The van der Waals surface area contributed by atoms with E-state index in [2.05, 4.69) is 5.32 Å². The fourth-order valence-corrected chi connectivity index (χ4v) is 5.65. The number of ether oxygens (including phenoxy) is 1. The van der Waals surface area contributed by atoms with Crippen molar-refractivity contribution >= 4 is 21.4 Å². The molecule has 1 aliphatic rings. The summed E-state index contributed by atoms with van der Waals surface area (Å²) in [7, 11) is -1.67. The van der Waals surface area contributed by atoms with Crippen LogP contribution in [0.15, 0.2) is 10.3 Å². The van der Waals surface area contributed by atoms with Crippen LogP contribution in [0.25, 0.3) is 0 Å². The van der Waals surface area contributed by atoms with Crippen molar-refractivity contribution < 1.29 is 13.2 Å². The van der Waals surface area contributed by atoms with Crippen LogP contribution < -0.4 is 5.32 Å². The van der Waals surface area contributed by atoms with Crippen molar-refractivity contribution in [3.8, 4) is 0 Å². The third-order valence-electron chi connectivity index (χ3n) is 3.86. The third kappa shape index (κ3) is 3.84. The van der Waals surface area contributed by atoms with Crippen molar-refractivity contribution in [1.29, 1.82) is 0 Å². The predicted molar refractivity (Wildman–Crippen MR) is 85.2 cm³/mol. The molecule has 0 saturated carbocycles. The number of piperidine rings is 1. The molecule has 120 valence electrons. The molecule has 1 aromatic rings. The van der Waals surface area contributed by atoms with Crippen LogP contribution in [0.2, 0.25) is 0 Å². The molecule has 0 atom stereocenters. The number of hydrogen-bond donors (Lipinski definition) is 1. The first-order chi connectivity index (χ1) is 9.98. The molecule has 0 aliphatic carbocycles. The lowest BCUT2D eigenvalue weighted by Crippen LogP contribution is -2.40. The molecule has 2 heterocycles. The smallest absolute Gasteiger partial charge is 0.252 e. The first-order valence-corrected chi connectivity index (χ1v) is 9.57. The summed E-state index contributed by atoms with van der Waals surface area (Å²) >= 11 is 1.38. The normalized spacial score (nSPS) is 18.2. The molecule has 1 saturated heterocycles. The van der Waals surface area contributed by atoms with Crippen LogP contribution in [0.5, 0.6) is 0 Å². The Morgan fingerprint density at radius 3 is 2.67 bits per heavy atom. The highest BCUT2D eigenvalue weighted by Crippen LogP contribution is 2.30. The lowest BCUT2D eigenvalue weighted by molar-refractivity contribution is 0.0605. The largest absolute Gasteiger partial charge is 0.381 e. The summed E-state index contributed by atoms with van der Waals surface area (Å²) in [6, 6.07) is 1.80. The summed E-state index contributed by atoms with van der Waals surface area (Å²) in [5.41, 5.74) is 1.05. The minimum Gasteiger partial charge on any atom is -0.381 e. The fraction of sp³-hybridized carbons (Fsp3) is 0.714. The fourth-order valence-electron chi connectivity index (χ4n) is 2.47. The molecule has 1 fully saturated rings. The predicted octanol–water partition coefficient (Wildman–Crippen LogP) is 1.97. The quantitative estimate of drug-likeness (QED) is 0.865. The second kappa shape index (κ2) is 7.19. The molecule has 5 nitrogen and oxygen atoms in total. The van der Waals surface area contributed by atoms with E-state index in [4.69, 9.17) is 4.74 Å². The molecule has 0 amide bonds. The SMILES string of the molecule is CCNCc1sc(S(=O)(=O)N2CCC(OC)CC2)cc1C. The van der Waals surface area contributed by atoms with Gasteiger partial charge in [-0.2, -0.15) is 4.31 Å².